The average molecular weight is 382 g/mol. The number of hydrogen-bond donors (Lipinski definition) is 1. The van der Waals surface area contributed by atoms with E-state index < -0.39 is 0 Å². The molecule has 2 amide bonds. The summed E-state index contributed by atoms with van der Waals surface area (Å²) in [7, 11) is 0. The van der Waals surface area contributed by atoms with Crippen molar-refractivity contribution in [3.8, 4) is 0 Å². The van der Waals surface area contributed by atoms with E-state index in [4.69, 9.17) is 0 Å². The monoisotopic (exact) mass is 382 g/mol. The molecule has 0 saturated carbocycles. The van der Waals surface area contributed by atoms with Crippen molar-refractivity contribution in [2.45, 2.75) is 38.5 Å². The number of hydrogen-bond acceptors (Lipinski definition) is 4. The fraction of sp³-hybridized carbons (Fsp3) is 0.524. The van der Waals surface area contributed by atoms with Crippen LogP contribution in [0, 0.1) is 5.92 Å². The van der Waals surface area contributed by atoms with Crippen LogP contribution < -0.4 is 5.56 Å². The lowest BCUT2D eigenvalue weighted by molar-refractivity contribution is -0.136. The van der Waals surface area contributed by atoms with Crippen LogP contribution in [0.5, 0.6) is 0 Å². The summed E-state index contributed by atoms with van der Waals surface area (Å²) in [4.78, 5) is 41.5. The predicted molar refractivity (Wildman–Crippen MR) is 106 cm³/mol. The van der Waals surface area contributed by atoms with Gasteiger partial charge in [0.1, 0.15) is 0 Å². The van der Waals surface area contributed by atoms with Crippen molar-refractivity contribution in [3.05, 3.63) is 40.3 Å². The number of fused-ring (bicyclic) bond motifs is 1. The molecule has 2 fully saturated rings. The maximum absolute atomic E-state index is 13.0. The van der Waals surface area contributed by atoms with E-state index >= 15 is 0 Å². The Labute approximate surface area is 163 Å². The number of aromatic nitrogens is 2. The number of nitrogens with one attached hydrogen (secondary N) is 1. The number of aromatic amines is 1. The van der Waals surface area contributed by atoms with Gasteiger partial charge in [-0.2, -0.15) is 5.10 Å². The van der Waals surface area contributed by atoms with Crippen LogP contribution in [0.4, 0.5) is 0 Å². The van der Waals surface area contributed by atoms with Crippen LogP contribution in [-0.4, -0.2) is 58.0 Å². The Bertz CT molecular complexity index is 923. The lowest BCUT2D eigenvalue weighted by atomic mass is 9.94. The zero-order valence-electron chi connectivity index (χ0n) is 16.0. The molecule has 7 heteroatoms. The van der Waals surface area contributed by atoms with Gasteiger partial charge in [-0.15, -0.1) is 0 Å². The molecule has 4 rings (SSSR count). The topological polar surface area (TPSA) is 86.4 Å². The lowest BCUT2D eigenvalue weighted by Crippen LogP contribution is -2.45. The summed E-state index contributed by atoms with van der Waals surface area (Å²) in [6.07, 6.45) is 5.96. The first-order chi connectivity index (χ1) is 13.6. The number of likely N-dealkylation sites (tertiary alicyclic amines) is 2. The Morgan fingerprint density at radius 2 is 1.54 bits per heavy atom. The van der Waals surface area contributed by atoms with Gasteiger partial charge in [-0.1, -0.05) is 31.0 Å². The zero-order valence-corrected chi connectivity index (χ0v) is 16.0. The summed E-state index contributed by atoms with van der Waals surface area (Å²) in [5.74, 6) is 0.0668. The molecule has 0 unspecified atom stereocenters. The smallest absolute Gasteiger partial charge is 0.274 e. The van der Waals surface area contributed by atoms with E-state index in [-0.39, 0.29) is 29.0 Å². The number of amides is 2. The fourth-order valence-corrected chi connectivity index (χ4v) is 4.31. The molecular weight excluding hydrogens is 356 g/mol. The summed E-state index contributed by atoms with van der Waals surface area (Å²) in [5.41, 5.74) is -0.0265. The highest BCUT2D eigenvalue weighted by atomic mass is 16.2. The van der Waals surface area contributed by atoms with Crippen molar-refractivity contribution in [3.63, 3.8) is 0 Å². The van der Waals surface area contributed by atoms with Crippen molar-refractivity contribution in [2.24, 2.45) is 5.92 Å². The summed E-state index contributed by atoms with van der Waals surface area (Å²) in [6, 6.07) is 7.01. The molecule has 2 aromatic rings. The Morgan fingerprint density at radius 1 is 0.893 bits per heavy atom. The quantitative estimate of drug-likeness (QED) is 0.863. The van der Waals surface area contributed by atoms with Crippen LogP contribution in [-0.2, 0) is 4.79 Å². The Balaban J connectivity index is 1.44. The molecule has 0 aliphatic carbocycles. The highest BCUT2D eigenvalue weighted by Crippen LogP contribution is 2.23. The second kappa shape index (κ2) is 8.12. The fourth-order valence-electron chi connectivity index (χ4n) is 4.31. The van der Waals surface area contributed by atoms with Gasteiger partial charge in [0.25, 0.3) is 11.5 Å². The molecule has 3 heterocycles. The Morgan fingerprint density at radius 3 is 2.21 bits per heavy atom. The summed E-state index contributed by atoms with van der Waals surface area (Å²) < 4.78 is 0. The SMILES string of the molecule is O=C(c1n[nH]c(=O)c2ccccc12)N1CCC(C(=O)N2CCCCCC2)CC1. The second-order valence-electron chi connectivity index (χ2n) is 7.75. The first-order valence-corrected chi connectivity index (χ1v) is 10.2. The number of H-pyrrole nitrogens is 1. The molecule has 0 spiro atoms. The van der Waals surface area contributed by atoms with Crippen LogP contribution in [0.1, 0.15) is 49.0 Å². The van der Waals surface area contributed by atoms with Crippen LogP contribution in [0.3, 0.4) is 0 Å². The Kier molecular flexibility index (Phi) is 5.41. The van der Waals surface area contributed by atoms with Crippen molar-refractivity contribution in [2.75, 3.05) is 26.2 Å². The maximum Gasteiger partial charge on any atom is 0.274 e. The lowest BCUT2D eigenvalue weighted by Gasteiger charge is -2.34. The first kappa shape index (κ1) is 18.7. The van der Waals surface area contributed by atoms with Gasteiger partial charge in [-0.05, 0) is 31.7 Å². The van der Waals surface area contributed by atoms with Gasteiger partial charge in [0.2, 0.25) is 5.91 Å². The van der Waals surface area contributed by atoms with E-state index in [1.54, 1.807) is 29.2 Å². The van der Waals surface area contributed by atoms with Gasteiger partial charge < -0.3 is 9.80 Å². The predicted octanol–water partition coefficient (Wildman–Crippen LogP) is 2.18. The molecule has 0 bridgehead atoms. The van der Waals surface area contributed by atoms with E-state index in [1.807, 2.05) is 4.90 Å². The Hall–Kier alpha value is -2.70. The number of benzene rings is 1. The zero-order chi connectivity index (χ0) is 19.5. The van der Waals surface area contributed by atoms with Crippen molar-refractivity contribution in [1.29, 1.82) is 0 Å². The summed E-state index contributed by atoms with van der Waals surface area (Å²) in [6.45, 7) is 2.81. The van der Waals surface area contributed by atoms with Crippen molar-refractivity contribution in [1.82, 2.24) is 20.0 Å². The molecule has 0 atom stereocenters. The largest absolute Gasteiger partial charge is 0.342 e. The molecule has 2 aliphatic heterocycles. The normalized spacial score (nSPS) is 18.9. The number of carbonyl (C=O) groups is 2. The van der Waals surface area contributed by atoms with Crippen LogP contribution >= 0.6 is 0 Å². The number of carbonyl (C=O) groups excluding carboxylic acids is 2. The van der Waals surface area contributed by atoms with Gasteiger partial charge in [-0.25, -0.2) is 5.10 Å². The minimum Gasteiger partial charge on any atom is -0.342 e. The van der Waals surface area contributed by atoms with Crippen molar-refractivity contribution >= 4 is 22.6 Å². The second-order valence-corrected chi connectivity index (χ2v) is 7.75. The minimum absolute atomic E-state index is 0.00225. The van der Waals surface area contributed by atoms with E-state index in [9.17, 15) is 14.4 Å². The van der Waals surface area contributed by atoms with E-state index in [2.05, 4.69) is 10.2 Å². The highest BCUT2D eigenvalue weighted by molar-refractivity contribution is 6.04. The molecule has 2 saturated heterocycles. The van der Waals surface area contributed by atoms with Crippen LogP contribution in [0.2, 0.25) is 0 Å². The van der Waals surface area contributed by atoms with Gasteiger partial charge >= 0.3 is 0 Å². The van der Waals surface area contributed by atoms with Gasteiger partial charge in [0.15, 0.2) is 5.69 Å². The summed E-state index contributed by atoms with van der Waals surface area (Å²) >= 11 is 0. The number of rotatable bonds is 2. The van der Waals surface area contributed by atoms with E-state index in [0.29, 0.717) is 36.7 Å². The highest BCUT2D eigenvalue weighted by Gasteiger charge is 2.31. The summed E-state index contributed by atoms with van der Waals surface area (Å²) in [5, 5.41) is 7.47. The molecule has 1 aromatic carbocycles. The molecule has 1 N–H and O–H groups in total. The van der Waals surface area contributed by atoms with Crippen LogP contribution in [0.25, 0.3) is 10.8 Å². The molecule has 0 radical (unpaired) electrons. The van der Waals surface area contributed by atoms with E-state index in [0.717, 1.165) is 25.9 Å². The number of piperidine rings is 1. The third-order valence-electron chi connectivity index (χ3n) is 5.95. The third kappa shape index (κ3) is 3.66. The van der Waals surface area contributed by atoms with Gasteiger partial charge in [0, 0.05) is 37.5 Å². The first-order valence-electron chi connectivity index (χ1n) is 10.2. The molecule has 1 aromatic heterocycles. The molecule has 148 valence electrons. The van der Waals surface area contributed by atoms with Crippen LogP contribution in [0.15, 0.2) is 29.1 Å². The van der Waals surface area contributed by atoms with Gasteiger partial charge in [-0.3, -0.25) is 14.4 Å². The maximum atomic E-state index is 13.0. The van der Waals surface area contributed by atoms with Gasteiger partial charge in [0.05, 0.1) is 5.39 Å². The molecule has 7 nitrogen and oxygen atoms in total. The van der Waals surface area contributed by atoms with Crippen molar-refractivity contribution < 1.29 is 9.59 Å². The molecule has 28 heavy (non-hydrogen) atoms. The molecular formula is C21H26N4O3. The average Bonchev–Trinajstić information content (AvgIpc) is 3.03. The third-order valence-corrected chi connectivity index (χ3v) is 5.95. The number of nitrogens with zero attached hydrogens (tertiary/aromatic N) is 3. The van der Waals surface area contributed by atoms with E-state index in [1.165, 1.54) is 12.8 Å². The minimum atomic E-state index is -0.297. The standard InChI is InChI=1S/C21H26N4O3/c26-19-17-8-4-3-7-16(17)18(22-23-19)21(28)25-13-9-15(10-14-25)20(27)24-11-5-1-2-6-12-24/h3-4,7-8,15H,1-2,5-6,9-14H2,(H,23,26). The molecule has 2 aliphatic rings.